The van der Waals surface area contributed by atoms with Crippen LogP contribution in [-0.4, -0.2) is 11.0 Å². The van der Waals surface area contributed by atoms with E-state index in [1.165, 1.54) is 18.6 Å². The SMILES string of the molecule is CC1CCCC(Nc2c(F)cc(C(N)=S)cc2F)C1. The van der Waals surface area contributed by atoms with Gasteiger partial charge in [0.15, 0.2) is 0 Å². The largest absolute Gasteiger partial charge is 0.389 e. The lowest BCUT2D eigenvalue weighted by molar-refractivity contribution is 0.357. The summed E-state index contributed by atoms with van der Waals surface area (Å²) in [6.45, 7) is 2.16. The molecule has 1 aromatic carbocycles. The molecule has 1 saturated carbocycles. The molecule has 0 amide bonds. The molecule has 3 N–H and O–H groups in total. The first-order chi connectivity index (χ1) is 8.97. The Kier molecular flexibility index (Phi) is 4.34. The molecule has 104 valence electrons. The topological polar surface area (TPSA) is 38.0 Å². The summed E-state index contributed by atoms with van der Waals surface area (Å²) >= 11 is 4.73. The van der Waals surface area contributed by atoms with Gasteiger partial charge < -0.3 is 11.1 Å². The number of hydrogen-bond acceptors (Lipinski definition) is 2. The number of halogens is 2. The molecule has 1 aliphatic carbocycles. The van der Waals surface area contributed by atoms with Gasteiger partial charge in [-0.1, -0.05) is 32.0 Å². The van der Waals surface area contributed by atoms with Gasteiger partial charge in [-0.15, -0.1) is 0 Å². The molecule has 0 radical (unpaired) electrons. The highest BCUT2D eigenvalue weighted by Gasteiger charge is 2.21. The van der Waals surface area contributed by atoms with Crippen molar-refractivity contribution in [3.63, 3.8) is 0 Å². The van der Waals surface area contributed by atoms with Crippen molar-refractivity contribution in [2.75, 3.05) is 5.32 Å². The number of thiocarbonyl (C=S) groups is 1. The summed E-state index contributed by atoms with van der Waals surface area (Å²) in [4.78, 5) is -0.00404. The molecule has 5 heteroatoms. The number of nitrogens with one attached hydrogen (secondary N) is 1. The average Bonchev–Trinajstić information content (AvgIpc) is 2.33. The summed E-state index contributed by atoms with van der Waals surface area (Å²) in [7, 11) is 0. The van der Waals surface area contributed by atoms with Crippen LogP contribution in [0.25, 0.3) is 0 Å². The van der Waals surface area contributed by atoms with Gasteiger partial charge in [-0.05, 0) is 30.9 Å². The van der Waals surface area contributed by atoms with Crippen LogP contribution in [0.3, 0.4) is 0 Å². The van der Waals surface area contributed by atoms with Crippen molar-refractivity contribution in [2.24, 2.45) is 11.7 Å². The van der Waals surface area contributed by atoms with E-state index in [-0.39, 0.29) is 22.3 Å². The third-order valence-corrected chi connectivity index (χ3v) is 3.85. The van der Waals surface area contributed by atoms with E-state index in [1.54, 1.807) is 0 Å². The van der Waals surface area contributed by atoms with Crippen molar-refractivity contribution in [3.8, 4) is 0 Å². The zero-order valence-electron chi connectivity index (χ0n) is 10.9. The minimum atomic E-state index is -0.638. The van der Waals surface area contributed by atoms with Crippen LogP contribution in [0.2, 0.25) is 0 Å². The van der Waals surface area contributed by atoms with Gasteiger partial charge in [0.1, 0.15) is 22.3 Å². The molecule has 0 bridgehead atoms. The van der Waals surface area contributed by atoms with Gasteiger partial charge in [-0.25, -0.2) is 8.78 Å². The van der Waals surface area contributed by atoms with Gasteiger partial charge in [0.25, 0.3) is 0 Å². The molecule has 1 aliphatic rings. The molecule has 1 fully saturated rings. The fourth-order valence-electron chi connectivity index (χ4n) is 2.62. The number of hydrogen-bond donors (Lipinski definition) is 2. The predicted octanol–water partition coefficient (Wildman–Crippen LogP) is 3.59. The molecule has 2 unspecified atom stereocenters. The fraction of sp³-hybridized carbons (Fsp3) is 0.500. The highest BCUT2D eigenvalue weighted by atomic mass is 32.1. The molecule has 2 atom stereocenters. The van der Waals surface area contributed by atoms with Gasteiger partial charge in [-0.3, -0.25) is 0 Å². The molecule has 2 nitrogen and oxygen atoms in total. The van der Waals surface area contributed by atoms with Gasteiger partial charge in [0.2, 0.25) is 0 Å². The third kappa shape index (κ3) is 3.41. The van der Waals surface area contributed by atoms with Gasteiger partial charge in [0, 0.05) is 11.6 Å². The number of nitrogens with two attached hydrogens (primary N) is 1. The molecule has 0 spiro atoms. The first-order valence-corrected chi connectivity index (χ1v) is 6.93. The van der Waals surface area contributed by atoms with E-state index in [1.807, 2.05) is 0 Å². The second kappa shape index (κ2) is 5.82. The van der Waals surface area contributed by atoms with E-state index in [4.69, 9.17) is 18.0 Å². The summed E-state index contributed by atoms with van der Waals surface area (Å²) in [6.07, 6.45) is 4.16. The number of rotatable bonds is 3. The van der Waals surface area contributed by atoms with Gasteiger partial charge in [-0.2, -0.15) is 0 Å². The number of benzene rings is 1. The number of anilines is 1. The quantitative estimate of drug-likeness (QED) is 0.833. The molecule has 2 rings (SSSR count). The van der Waals surface area contributed by atoms with Crippen molar-refractivity contribution in [2.45, 2.75) is 38.6 Å². The summed E-state index contributed by atoms with van der Waals surface area (Å²) in [5, 5.41) is 2.98. The first-order valence-electron chi connectivity index (χ1n) is 6.52. The van der Waals surface area contributed by atoms with E-state index < -0.39 is 11.6 Å². The Hall–Kier alpha value is -1.23. The predicted molar refractivity (Wildman–Crippen MR) is 77.3 cm³/mol. The summed E-state index contributed by atoms with van der Waals surface area (Å²) in [5.41, 5.74) is 5.53. The average molecular weight is 284 g/mol. The Morgan fingerprint density at radius 1 is 1.32 bits per heavy atom. The molecule has 0 aliphatic heterocycles. The van der Waals surface area contributed by atoms with E-state index in [0.717, 1.165) is 19.3 Å². The van der Waals surface area contributed by atoms with Crippen LogP contribution in [0, 0.1) is 17.6 Å². The van der Waals surface area contributed by atoms with Crippen LogP contribution in [0.1, 0.15) is 38.2 Å². The smallest absolute Gasteiger partial charge is 0.150 e. The molecule has 0 heterocycles. The van der Waals surface area contributed by atoms with E-state index in [9.17, 15) is 8.78 Å². The van der Waals surface area contributed by atoms with Crippen LogP contribution in [0.5, 0.6) is 0 Å². The van der Waals surface area contributed by atoms with E-state index in [0.29, 0.717) is 5.92 Å². The van der Waals surface area contributed by atoms with Gasteiger partial charge >= 0.3 is 0 Å². The standard InChI is InChI=1S/C14H18F2N2S/c1-8-3-2-4-10(5-8)18-13-11(15)6-9(14(17)19)7-12(13)16/h6-8,10,18H,2-5H2,1H3,(H2,17,19). The highest BCUT2D eigenvalue weighted by Crippen LogP contribution is 2.28. The minimum Gasteiger partial charge on any atom is -0.389 e. The third-order valence-electron chi connectivity index (χ3n) is 3.61. The lowest BCUT2D eigenvalue weighted by atomic mass is 9.87. The maximum absolute atomic E-state index is 13.9. The summed E-state index contributed by atoms with van der Waals surface area (Å²) in [5.74, 6) is -0.685. The van der Waals surface area contributed by atoms with Crippen LogP contribution in [0.4, 0.5) is 14.5 Å². The molecular weight excluding hydrogens is 266 g/mol. The summed E-state index contributed by atoms with van der Waals surface area (Å²) < 4.78 is 27.8. The first kappa shape index (κ1) is 14.2. The van der Waals surface area contributed by atoms with Crippen molar-refractivity contribution in [1.29, 1.82) is 0 Å². The molecule has 0 aromatic heterocycles. The highest BCUT2D eigenvalue weighted by molar-refractivity contribution is 7.80. The maximum atomic E-state index is 13.9. The van der Waals surface area contributed by atoms with E-state index in [2.05, 4.69) is 12.2 Å². The molecular formula is C14H18F2N2S. The molecule has 1 aromatic rings. The lowest BCUT2D eigenvalue weighted by Gasteiger charge is -2.28. The van der Waals surface area contributed by atoms with Gasteiger partial charge in [0.05, 0.1) is 0 Å². The van der Waals surface area contributed by atoms with Crippen LogP contribution < -0.4 is 11.1 Å². The second-order valence-electron chi connectivity index (χ2n) is 5.29. The Bertz CT molecular complexity index is 467. The Morgan fingerprint density at radius 2 is 1.95 bits per heavy atom. The van der Waals surface area contributed by atoms with Crippen molar-refractivity contribution >= 4 is 22.9 Å². The van der Waals surface area contributed by atoms with E-state index >= 15 is 0 Å². The van der Waals surface area contributed by atoms with Crippen LogP contribution >= 0.6 is 12.2 Å². The Balaban J connectivity index is 2.18. The van der Waals surface area contributed by atoms with Crippen molar-refractivity contribution in [3.05, 3.63) is 29.3 Å². The zero-order valence-corrected chi connectivity index (χ0v) is 11.7. The zero-order chi connectivity index (χ0) is 14.0. The normalized spacial score (nSPS) is 23.1. The lowest BCUT2D eigenvalue weighted by Crippen LogP contribution is -2.27. The Morgan fingerprint density at radius 3 is 2.47 bits per heavy atom. The van der Waals surface area contributed by atoms with Crippen LogP contribution in [0.15, 0.2) is 12.1 Å². The van der Waals surface area contributed by atoms with Crippen LogP contribution in [-0.2, 0) is 0 Å². The van der Waals surface area contributed by atoms with Crippen molar-refractivity contribution in [1.82, 2.24) is 0 Å². The maximum Gasteiger partial charge on any atom is 0.150 e. The molecule has 19 heavy (non-hydrogen) atoms. The Labute approximate surface area is 117 Å². The second-order valence-corrected chi connectivity index (χ2v) is 5.73. The minimum absolute atomic E-state index is 0.00404. The fourth-order valence-corrected chi connectivity index (χ4v) is 2.74. The monoisotopic (exact) mass is 284 g/mol. The molecule has 0 saturated heterocycles. The summed E-state index contributed by atoms with van der Waals surface area (Å²) in [6, 6.07) is 2.49. The van der Waals surface area contributed by atoms with Crippen molar-refractivity contribution < 1.29 is 8.78 Å².